The van der Waals surface area contributed by atoms with Crippen molar-refractivity contribution in [3.05, 3.63) is 35.7 Å². The predicted molar refractivity (Wildman–Crippen MR) is 126 cm³/mol. The van der Waals surface area contributed by atoms with E-state index in [-0.39, 0.29) is 23.6 Å². The van der Waals surface area contributed by atoms with Crippen molar-refractivity contribution in [1.29, 1.82) is 0 Å². The monoisotopic (exact) mass is 518 g/mol. The molecule has 3 aliphatic rings. The number of thioether (sulfide) groups is 1. The fourth-order valence-corrected chi connectivity index (χ4v) is 6.25. The summed E-state index contributed by atoms with van der Waals surface area (Å²) in [5.41, 5.74) is 1.23. The van der Waals surface area contributed by atoms with Gasteiger partial charge in [-0.15, -0.1) is 35.8 Å². The fraction of sp³-hybridized carbons (Fsp3) is 0.652. The minimum Gasteiger partial charge on any atom is -0.406 e. The van der Waals surface area contributed by atoms with Crippen molar-refractivity contribution in [1.82, 2.24) is 19.7 Å². The maximum Gasteiger partial charge on any atom is 0.573 e. The van der Waals surface area contributed by atoms with Crippen LogP contribution in [0.25, 0.3) is 0 Å². The van der Waals surface area contributed by atoms with Gasteiger partial charge in [0.2, 0.25) is 0 Å². The zero-order valence-corrected chi connectivity index (χ0v) is 20.7. The van der Waals surface area contributed by atoms with Crippen LogP contribution in [0.4, 0.5) is 13.2 Å². The van der Waals surface area contributed by atoms with Gasteiger partial charge in [0.25, 0.3) is 0 Å². The van der Waals surface area contributed by atoms with E-state index in [1.165, 1.54) is 12.1 Å². The SMILES string of the molecule is Cl.Cn1c(SCCCN2C[C@H]3CC3(c3ccc(OC(F)(F)F)cc3)C2)nnc1C1CCOCC1. The van der Waals surface area contributed by atoms with Crippen LogP contribution in [0.1, 0.15) is 43.0 Å². The number of benzene rings is 1. The normalized spacial score (nSPS) is 25.1. The van der Waals surface area contributed by atoms with Gasteiger partial charge < -0.3 is 18.9 Å². The van der Waals surface area contributed by atoms with Gasteiger partial charge in [0.05, 0.1) is 0 Å². The van der Waals surface area contributed by atoms with E-state index in [2.05, 4.69) is 31.4 Å². The molecule has 1 saturated carbocycles. The molecule has 2 atom stereocenters. The second-order valence-electron chi connectivity index (χ2n) is 9.35. The number of nitrogens with zero attached hydrogens (tertiary/aromatic N) is 4. The van der Waals surface area contributed by atoms with E-state index in [1.807, 2.05) is 0 Å². The van der Waals surface area contributed by atoms with Gasteiger partial charge in [-0.1, -0.05) is 23.9 Å². The van der Waals surface area contributed by atoms with Gasteiger partial charge in [-0.3, -0.25) is 0 Å². The Morgan fingerprint density at radius 3 is 2.62 bits per heavy atom. The average molecular weight is 519 g/mol. The molecule has 11 heteroatoms. The van der Waals surface area contributed by atoms with Crippen LogP contribution in [0.5, 0.6) is 5.75 Å². The van der Waals surface area contributed by atoms with Gasteiger partial charge in [-0.25, -0.2) is 0 Å². The third-order valence-corrected chi connectivity index (χ3v) is 8.29. The second kappa shape index (κ2) is 10.2. The van der Waals surface area contributed by atoms with Gasteiger partial charge in [0.15, 0.2) is 5.16 Å². The Bertz CT molecular complexity index is 968. The Labute approximate surface area is 208 Å². The summed E-state index contributed by atoms with van der Waals surface area (Å²) in [5, 5.41) is 9.81. The molecule has 188 valence electrons. The van der Waals surface area contributed by atoms with Crippen LogP contribution in [-0.2, 0) is 17.2 Å². The van der Waals surface area contributed by atoms with Gasteiger partial charge in [0.1, 0.15) is 11.6 Å². The van der Waals surface area contributed by atoms with Crippen LogP contribution >= 0.6 is 24.2 Å². The molecule has 1 unspecified atom stereocenters. The summed E-state index contributed by atoms with van der Waals surface area (Å²) >= 11 is 1.75. The molecule has 1 aliphatic carbocycles. The molecule has 1 aromatic carbocycles. The largest absolute Gasteiger partial charge is 0.573 e. The first-order valence-electron chi connectivity index (χ1n) is 11.5. The number of hydrogen-bond acceptors (Lipinski definition) is 6. The first-order chi connectivity index (χ1) is 15.8. The topological polar surface area (TPSA) is 52.4 Å². The molecule has 2 saturated heterocycles. The fourth-order valence-electron chi connectivity index (χ4n) is 5.41. The second-order valence-corrected chi connectivity index (χ2v) is 10.4. The standard InChI is InChI=1S/C23H29F3N4O2S.ClH/c1-29-20(16-7-10-31-11-8-16)27-28-21(29)33-12-2-9-30-14-18-13-22(18,15-30)17-3-5-19(6-4-17)32-23(24,25)26;/h3-6,16,18H,2,7-15H2,1H3;1H/t18-,22?;/m1./s1. The molecule has 34 heavy (non-hydrogen) atoms. The number of hydrogen-bond donors (Lipinski definition) is 0. The van der Waals surface area contributed by atoms with E-state index in [9.17, 15) is 13.2 Å². The molecule has 3 heterocycles. The number of rotatable bonds is 8. The molecule has 2 aliphatic heterocycles. The highest BCUT2D eigenvalue weighted by Gasteiger charge is 2.60. The van der Waals surface area contributed by atoms with Crippen LogP contribution in [0.15, 0.2) is 29.4 Å². The van der Waals surface area contributed by atoms with Gasteiger partial charge in [-0.2, -0.15) is 0 Å². The number of halogens is 4. The summed E-state index contributed by atoms with van der Waals surface area (Å²) in [4.78, 5) is 2.49. The molecule has 1 aromatic heterocycles. The molecule has 0 radical (unpaired) electrons. The van der Waals surface area contributed by atoms with Crippen molar-refractivity contribution in [3.8, 4) is 5.75 Å². The number of piperidine rings is 1. The molecule has 0 spiro atoms. The smallest absolute Gasteiger partial charge is 0.406 e. The van der Waals surface area contributed by atoms with E-state index in [0.717, 1.165) is 80.8 Å². The summed E-state index contributed by atoms with van der Waals surface area (Å²) in [6.07, 6.45) is -0.461. The molecule has 3 fully saturated rings. The quantitative estimate of drug-likeness (QED) is 0.370. The van der Waals surface area contributed by atoms with Crippen LogP contribution in [-0.4, -0.2) is 64.6 Å². The number of ether oxygens (including phenoxy) is 2. The molecule has 5 rings (SSSR count). The molecular weight excluding hydrogens is 489 g/mol. The minimum absolute atomic E-state index is 0. The lowest BCUT2D eigenvalue weighted by Crippen LogP contribution is -2.28. The van der Waals surface area contributed by atoms with Gasteiger partial charge in [-0.05, 0) is 55.8 Å². The van der Waals surface area contributed by atoms with Crippen molar-refractivity contribution in [2.45, 2.75) is 48.5 Å². The summed E-state index contributed by atoms with van der Waals surface area (Å²) in [7, 11) is 2.05. The van der Waals surface area contributed by atoms with Crippen molar-refractivity contribution in [2.24, 2.45) is 13.0 Å². The Morgan fingerprint density at radius 1 is 1.18 bits per heavy atom. The molecule has 0 bridgehead atoms. The average Bonchev–Trinajstić information content (AvgIpc) is 3.16. The first kappa shape index (κ1) is 25.6. The Morgan fingerprint density at radius 2 is 1.91 bits per heavy atom. The lowest BCUT2D eigenvalue weighted by Gasteiger charge is -2.21. The van der Waals surface area contributed by atoms with E-state index in [1.54, 1.807) is 23.9 Å². The maximum absolute atomic E-state index is 12.4. The van der Waals surface area contributed by atoms with Gasteiger partial charge >= 0.3 is 6.36 Å². The Balaban J connectivity index is 0.00000274. The van der Waals surface area contributed by atoms with E-state index < -0.39 is 6.36 Å². The van der Waals surface area contributed by atoms with Crippen molar-refractivity contribution in [3.63, 3.8) is 0 Å². The summed E-state index contributed by atoms with van der Waals surface area (Å²) in [6.45, 7) is 4.64. The van der Waals surface area contributed by atoms with E-state index in [4.69, 9.17) is 4.74 Å². The number of aromatic nitrogens is 3. The molecular formula is C23H30ClF3N4O2S. The zero-order valence-electron chi connectivity index (χ0n) is 19.1. The van der Waals surface area contributed by atoms with Crippen LogP contribution in [0.3, 0.4) is 0 Å². The summed E-state index contributed by atoms with van der Waals surface area (Å²) in [5.74, 6) is 2.93. The predicted octanol–water partition coefficient (Wildman–Crippen LogP) is 4.79. The molecule has 0 N–H and O–H groups in total. The lowest BCUT2D eigenvalue weighted by atomic mass is 9.95. The third kappa shape index (κ3) is 5.50. The van der Waals surface area contributed by atoms with Crippen LogP contribution < -0.4 is 4.74 Å². The molecule has 6 nitrogen and oxygen atoms in total. The van der Waals surface area contributed by atoms with E-state index >= 15 is 0 Å². The third-order valence-electron chi connectivity index (χ3n) is 7.18. The number of alkyl halides is 3. The summed E-state index contributed by atoms with van der Waals surface area (Å²) in [6, 6.07) is 6.46. The van der Waals surface area contributed by atoms with Gasteiger partial charge in [0, 0.05) is 50.4 Å². The minimum atomic E-state index is -4.65. The first-order valence-corrected chi connectivity index (χ1v) is 12.5. The number of likely N-dealkylation sites (tertiary alicyclic amines) is 1. The zero-order chi connectivity index (χ0) is 23.1. The Hall–Kier alpha value is -1.49. The summed E-state index contributed by atoms with van der Waals surface area (Å²) < 4.78 is 48.8. The lowest BCUT2D eigenvalue weighted by molar-refractivity contribution is -0.274. The van der Waals surface area contributed by atoms with Crippen molar-refractivity contribution >= 4 is 24.2 Å². The van der Waals surface area contributed by atoms with Crippen molar-refractivity contribution < 1.29 is 22.6 Å². The van der Waals surface area contributed by atoms with Crippen molar-refractivity contribution in [2.75, 3.05) is 38.6 Å². The Kier molecular flexibility index (Phi) is 7.71. The molecule has 0 amide bonds. The number of fused-ring (bicyclic) bond motifs is 1. The molecule has 2 aromatic rings. The highest BCUT2D eigenvalue weighted by atomic mass is 35.5. The highest BCUT2D eigenvalue weighted by molar-refractivity contribution is 7.99. The van der Waals surface area contributed by atoms with Crippen LogP contribution in [0.2, 0.25) is 0 Å². The maximum atomic E-state index is 12.4. The van der Waals surface area contributed by atoms with Crippen LogP contribution in [0, 0.1) is 5.92 Å². The highest BCUT2D eigenvalue weighted by Crippen LogP contribution is 2.59. The van der Waals surface area contributed by atoms with E-state index in [0.29, 0.717) is 11.8 Å².